The van der Waals surface area contributed by atoms with Gasteiger partial charge in [-0.25, -0.2) is 4.98 Å². The van der Waals surface area contributed by atoms with Crippen molar-refractivity contribution < 1.29 is 14.6 Å². The van der Waals surface area contributed by atoms with Gasteiger partial charge >= 0.3 is 0 Å². The molecule has 130 valence electrons. The van der Waals surface area contributed by atoms with Crippen LogP contribution < -0.4 is 10.1 Å². The average molecular weight is 339 g/mol. The van der Waals surface area contributed by atoms with Gasteiger partial charge in [-0.1, -0.05) is 24.3 Å². The van der Waals surface area contributed by atoms with Gasteiger partial charge in [0, 0.05) is 13.0 Å². The predicted molar refractivity (Wildman–Crippen MR) is 95.3 cm³/mol. The topological polar surface area (TPSA) is 87.2 Å². The van der Waals surface area contributed by atoms with Gasteiger partial charge in [-0.15, -0.1) is 0 Å². The molecule has 0 saturated carbocycles. The number of fused-ring (bicyclic) bond motifs is 1. The summed E-state index contributed by atoms with van der Waals surface area (Å²) in [5.74, 6) is 1.21. The number of aromatic nitrogens is 2. The van der Waals surface area contributed by atoms with Gasteiger partial charge in [-0.05, 0) is 36.8 Å². The Balaban J connectivity index is 1.49. The SMILES string of the molecule is C[C@H](Oc1cccc(CO)c1)C(=O)NCCc1nc2ccccc2[nH]1. The van der Waals surface area contributed by atoms with E-state index in [1.165, 1.54) is 0 Å². The fourth-order valence-corrected chi connectivity index (χ4v) is 2.55. The maximum atomic E-state index is 12.1. The first-order valence-corrected chi connectivity index (χ1v) is 8.23. The van der Waals surface area contributed by atoms with Crippen molar-refractivity contribution >= 4 is 16.9 Å². The summed E-state index contributed by atoms with van der Waals surface area (Å²) in [6, 6.07) is 14.9. The van der Waals surface area contributed by atoms with Crippen LogP contribution in [0.15, 0.2) is 48.5 Å². The largest absolute Gasteiger partial charge is 0.481 e. The van der Waals surface area contributed by atoms with Crippen LogP contribution in [0.4, 0.5) is 0 Å². The lowest BCUT2D eigenvalue weighted by atomic mass is 10.2. The molecule has 0 aliphatic heterocycles. The number of carbonyl (C=O) groups excluding carboxylic acids is 1. The number of para-hydroxylation sites is 2. The molecule has 0 aliphatic carbocycles. The number of carbonyl (C=O) groups is 1. The number of aliphatic hydroxyl groups excluding tert-OH is 1. The van der Waals surface area contributed by atoms with Crippen LogP contribution in [0.5, 0.6) is 5.75 Å². The fourth-order valence-electron chi connectivity index (χ4n) is 2.55. The number of nitrogens with zero attached hydrogens (tertiary/aromatic N) is 1. The molecule has 0 unspecified atom stereocenters. The number of amides is 1. The van der Waals surface area contributed by atoms with E-state index in [1.807, 2.05) is 24.3 Å². The Labute approximate surface area is 145 Å². The molecule has 0 bridgehead atoms. The second kappa shape index (κ2) is 7.81. The molecule has 25 heavy (non-hydrogen) atoms. The molecule has 1 heterocycles. The minimum atomic E-state index is -0.621. The maximum absolute atomic E-state index is 12.1. The van der Waals surface area contributed by atoms with E-state index in [9.17, 15) is 4.79 Å². The number of rotatable bonds is 7. The molecule has 3 rings (SSSR count). The summed E-state index contributed by atoms with van der Waals surface area (Å²) in [4.78, 5) is 19.9. The lowest BCUT2D eigenvalue weighted by Crippen LogP contribution is -2.37. The van der Waals surface area contributed by atoms with Crippen molar-refractivity contribution in [3.8, 4) is 5.75 Å². The number of ether oxygens (including phenoxy) is 1. The number of aliphatic hydroxyl groups is 1. The Morgan fingerprint density at radius 3 is 2.92 bits per heavy atom. The van der Waals surface area contributed by atoms with Crippen molar-refractivity contribution in [2.75, 3.05) is 6.54 Å². The van der Waals surface area contributed by atoms with Crippen molar-refractivity contribution in [1.29, 1.82) is 0 Å². The van der Waals surface area contributed by atoms with Gasteiger partial charge in [-0.2, -0.15) is 0 Å². The summed E-state index contributed by atoms with van der Waals surface area (Å²) in [7, 11) is 0. The van der Waals surface area contributed by atoms with E-state index in [-0.39, 0.29) is 12.5 Å². The summed E-state index contributed by atoms with van der Waals surface area (Å²) < 4.78 is 5.62. The minimum absolute atomic E-state index is 0.0602. The number of benzene rings is 2. The summed E-state index contributed by atoms with van der Waals surface area (Å²) in [5.41, 5.74) is 2.66. The molecule has 2 aromatic carbocycles. The Morgan fingerprint density at radius 1 is 1.28 bits per heavy atom. The monoisotopic (exact) mass is 339 g/mol. The highest BCUT2D eigenvalue weighted by Gasteiger charge is 2.14. The Bertz CT molecular complexity index is 827. The van der Waals surface area contributed by atoms with Crippen molar-refractivity contribution in [2.24, 2.45) is 0 Å². The van der Waals surface area contributed by atoms with Gasteiger partial charge in [0.05, 0.1) is 17.6 Å². The zero-order chi connectivity index (χ0) is 17.6. The molecule has 6 heteroatoms. The van der Waals surface area contributed by atoms with Crippen molar-refractivity contribution in [1.82, 2.24) is 15.3 Å². The molecular formula is C19H21N3O3. The third-order valence-corrected chi connectivity index (χ3v) is 3.86. The number of aromatic amines is 1. The van der Waals surface area contributed by atoms with Gasteiger partial charge in [0.15, 0.2) is 6.10 Å². The maximum Gasteiger partial charge on any atom is 0.260 e. The number of H-pyrrole nitrogens is 1. The van der Waals surface area contributed by atoms with Crippen molar-refractivity contribution in [3.63, 3.8) is 0 Å². The van der Waals surface area contributed by atoms with E-state index in [2.05, 4.69) is 15.3 Å². The van der Waals surface area contributed by atoms with Crippen molar-refractivity contribution in [3.05, 3.63) is 59.9 Å². The molecule has 1 amide bonds. The van der Waals surface area contributed by atoms with E-state index < -0.39 is 6.10 Å². The lowest BCUT2D eigenvalue weighted by Gasteiger charge is -2.15. The summed E-state index contributed by atoms with van der Waals surface area (Å²) >= 11 is 0. The van der Waals surface area contributed by atoms with Crippen LogP contribution in [0, 0.1) is 0 Å². The number of hydrogen-bond donors (Lipinski definition) is 3. The molecule has 3 aromatic rings. The van der Waals surface area contributed by atoms with Gasteiger partial charge in [0.25, 0.3) is 5.91 Å². The summed E-state index contributed by atoms with van der Waals surface area (Å²) in [6.07, 6.45) is -0.00253. The molecule has 0 saturated heterocycles. The number of imidazole rings is 1. The number of nitrogens with one attached hydrogen (secondary N) is 2. The molecule has 6 nitrogen and oxygen atoms in total. The highest BCUT2D eigenvalue weighted by atomic mass is 16.5. The quantitative estimate of drug-likeness (QED) is 0.616. The third kappa shape index (κ3) is 4.36. The third-order valence-electron chi connectivity index (χ3n) is 3.86. The second-order valence-corrected chi connectivity index (χ2v) is 5.81. The Hall–Kier alpha value is -2.86. The highest BCUT2D eigenvalue weighted by molar-refractivity contribution is 5.80. The summed E-state index contributed by atoms with van der Waals surface area (Å²) in [6.45, 7) is 2.11. The zero-order valence-corrected chi connectivity index (χ0v) is 14.0. The van der Waals surface area contributed by atoms with Gasteiger partial charge in [-0.3, -0.25) is 4.79 Å². The molecule has 1 atom stereocenters. The van der Waals surface area contributed by atoms with Crippen LogP contribution in [0.25, 0.3) is 11.0 Å². The Morgan fingerprint density at radius 2 is 2.12 bits per heavy atom. The predicted octanol–water partition coefficient (Wildman–Crippen LogP) is 2.18. The first-order chi connectivity index (χ1) is 12.2. The molecule has 3 N–H and O–H groups in total. The van der Waals surface area contributed by atoms with Crippen LogP contribution in [0.2, 0.25) is 0 Å². The summed E-state index contributed by atoms with van der Waals surface area (Å²) in [5, 5.41) is 12.0. The standard InChI is InChI=1S/C19H21N3O3/c1-13(25-15-6-4-5-14(11-15)12-23)19(24)20-10-9-18-21-16-7-2-3-8-17(16)22-18/h2-8,11,13,23H,9-10,12H2,1H3,(H,20,24)(H,21,22)/t13-/m0/s1. The molecule has 0 radical (unpaired) electrons. The lowest BCUT2D eigenvalue weighted by molar-refractivity contribution is -0.127. The van der Waals surface area contributed by atoms with Crippen LogP contribution in [-0.2, 0) is 17.8 Å². The Kier molecular flexibility index (Phi) is 5.30. The average Bonchev–Trinajstić information content (AvgIpc) is 3.04. The van der Waals surface area contributed by atoms with E-state index >= 15 is 0 Å². The molecule has 0 fully saturated rings. The number of hydrogen-bond acceptors (Lipinski definition) is 4. The second-order valence-electron chi connectivity index (χ2n) is 5.81. The molecule has 1 aromatic heterocycles. The molecular weight excluding hydrogens is 318 g/mol. The fraction of sp³-hybridized carbons (Fsp3) is 0.263. The van der Waals surface area contributed by atoms with Gasteiger partial charge < -0.3 is 20.1 Å². The van der Waals surface area contributed by atoms with Crippen molar-refractivity contribution in [2.45, 2.75) is 26.1 Å². The van der Waals surface area contributed by atoms with E-state index in [4.69, 9.17) is 9.84 Å². The molecule has 0 spiro atoms. The van der Waals surface area contributed by atoms with Crippen LogP contribution in [0.3, 0.4) is 0 Å². The van der Waals surface area contributed by atoms with E-state index in [0.29, 0.717) is 18.7 Å². The van der Waals surface area contributed by atoms with E-state index in [0.717, 1.165) is 22.4 Å². The van der Waals surface area contributed by atoms with Gasteiger partial charge in [0.2, 0.25) is 0 Å². The smallest absolute Gasteiger partial charge is 0.260 e. The minimum Gasteiger partial charge on any atom is -0.481 e. The van der Waals surface area contributed by atoms with E-state index in [1.54, 1.807) is 31.2 Å². The van der Waals surface area contributed by atoms with Crippen LogP contribution in [0.1, 0.15) is 18.3 Å². The first-order valence-electron chi connectivity index (χ1n) is 8.23. The first kappa shape index (κ1) is 17.0. The zero-order valence-electron chi connectivity index (χ0n) is 14.0. The highest BCUT2D eigenvalue weighted by Crippen LogP contribution is 2.15. The van der Waals surface area contributed by atoms with Gasteiger partial charge in [0.1, 0.15) is 11.6 Å². The normalized spacial score (nSPS) is 12.1. The van der Waals surface area contributed by atoms with Crippen LogP contribution >= 0.6 is 0 Å². The molecule has 0 aliphatic rings. The van der Waals surface area contributed by atoms with Crippen LogP contribution in [-0.4, -0.2) is 33.6 Å².